The topological polar surface area (TPSA) is 0 Å². The van der Waals surface area contributed by atoms with Crippen molar-refractivity contribution in [3.8, 4) is 0 Å². The van der Waals surface area contributed by atoms with Gasteiger partial charge in [-0.1, -0.05) is 39.8 Å². The molecule has 0 aromatic heterocycles. The van der Waals surface area contributed by atoms with Gasteiger partial charge < -0.3 is 0 Å². The second-order valence-corrected chi connectivity index (χ2v) is 5.27. The standard InChI is InChI=1S/C13H21P/c1-8(2)11-7-13(14)12(9(3)4)6-10(11)5/h6-9H,14H2,1-5H3. The average Bonchev–Trinajstić information content (AvgIpc) is 2.07. The molecule has 0 heterocycles. The number of hydrogen-bond donors (Lipinski definition) is 0. The van der Waals surface area contributed by atoms with Gasteiger partial charge in [0.05, 0.1) is 0 Å². The zero-order valence-corrected chi connectivity index (χ0v) is 11.0. The van der Waals surface area contributed by atoms with Gasteiger partial charge in [-0.2, -0.15) is 0 Å². The quantitative estimate of drug-likeness (QED) is 0.649. The molecule has 0 saturated heterocycles. The average molecular weight is 208 g/mol. The number of aryl methyl sites for hydroxylation is 1. The molecule has 0 aliphatic rings. The van der Waals surface area contributed by atoms with Gasteiger partial charge in [0.2, 0.25) is 0 Å². The van der Waals surface area contributed by atoms with E-state index in [4.69, 9.17) is 0 Å². The molecule has 1 rings (SSSR count). The van der Waals surface area contributed by atoms with Crippen LogP contribution in [0.2, 0.25) is 0 Å². The Morgan fingerprint density at radius 3 is 1.86 bits per heavy atom. The maximum atomic E-state index is 2.86. The molecule has 0 radical (unpaired) electrons. The van der Waals surface area contributed by atoms with E-state index in [1.54, 1.807) is 0 Å². The third kappa shape index (κ3) is 2.36. The Kier molecular flexibility index (Phi) is 3.72. The number of benzene rings is 1. The van der Waals surface area contributed by atoms with Gasteiger partial charge in [0.25, 0.3) is 0 Å². The van der Waals surface area contributed by atoms with Crippen molar-refractivity contribution in [1.82, 2.24) is 0 Å². The van der Waals surface area contributed by atoms with Gasteiger partial charge >= 0.3 is 0 Å². The Morgan fingerprint density at radius 1 is 0.929 bits per heavy atom. The van der Waals surface area contributed by atoms with Crippen molar-refractivity contribution in [2.45, 2.75) is 46.5 Å². The smallest absolute Gasteiger partial charge is 0.0213 e. The molecule has 0 nitrogen and oxygen atoms in total. The molecule has 1 atom stereocenters. The van der Waals surface area contributed by atoms with Gasteiger partial charge in [-0.05, 0) is 40.8 Å². The van der Waals surface area contributed by atoms with E-state index in [0.717, 1.165) is 0 Å². The van der Waals surface area contributed by atoms with Crippen molar-refractivity contribution in [2.24, 2.45) is 0 Å². The minimum atomic E-state index is 0.613. The van der Waals surface area contributed by atoms with Crippen LogP contribution in [0.15, 0.2) is 12.1 Å². The Labute approximate surface area is 90.3 Å². The van der Waals surface area contributed by atoms with Gasteiger partial charge in [0.15, 0.2) is 0 Å². The zero-order chi connectivity index (χ0) is 10.9. The van der Waals surface area contributed by atoms with Crippen molar-refractivity contribution in [3.63, 3.8) is 0 Å². The highest BCUT2D eigenvalue weighted by Gasteiger charge is 2.09. The number of hydrogen-bond acceptors (Lipinski definition) is 0. The van der Waals surface area contributed by atoms with Crippen LogP contribution in [-0.4, -0.2) is 0 Å². The summed E-state index contributed by atoms with van der Waals surface area (Å²) in [6, 6.07) is 4.66. The summed E-state index contributed by atoms with van der Waals surface area (Å²) in [4.78, 5) is 0. The summed E-state index contributed by atoms with van der Waals surface area (Å²) in [6.45, 7) is 11.2. The first kappa shape index (κ1) is 11.7. The van der Waals surface area contributed by atoms with E-state index in [1.807, 2.05) is 0 Å². The van der Waals surface area contributed by atoms with Crippen LogP contribution < -0.4 is 5.30 Å². The fraction of sp³-hybridized carbons (Fsp3) is 0.538. The van der Waals surface area contributed by atoms with E-state index in [1.165, 1.54) is 22.0 Å². The first-order chi connectivity index (χ1) is 6.43. The van der Waals surface area contributed by atoms with E-state index in [-0.39, 0.29) is 0 Å². The van der Waals surface area contributed by atoms with Gasteiger partial charge in [-0.25, -0.2) is 0 Å². The van der Waals surface area contributed by atoms with E-state index >= 15 is 0 Å². The van der Waals surface area contributed by atoms with Crippen LogP contribution in [0, 0.1) is 6.92 Å². The van der Waals surface area contributed by atoms with Crippen molar-refractivity contribution < 1.29 is 0 Å². The van der Waals surface area contributed by atoms with Gasteiger partial charge in [-0.15, -0.1) is 9.24 Å². The van der Waals surface area contributed by atoms with E-state index in [2.05, 4.69) is 56.0 Å². The summed E-state index contributed by atoms with van der Waals surface area (Å²) in [6.07, 6.45) is 0. The molecule has 1 heteroatoms. The minimum absolute atomic E-state index is 0.613. The molecule has 1 aromatic rings. The lowest BCUT2D eigenvalue weighted by molar-refractivity contribution is 0.841. The highest BCUT2D eigenvalue weighted by Crippen LogP contribution is 2.23. The van der Waals surface area contributed by atoms with E-state index in [9.17, 15) is 0 Å². The van der Waals surface area contributed by atoms with E-state index in [0.29, 0.717) is 11.8 Å². The second-order valence-electron chi connectivity index (χ2n) is 4.65. The Morgan fingerprint density at radius 2 is 1.43 bits per heavy atom. The molecule has 1 aromatic carbocycles. The molecule has 0 bridgehead atoms. The highest BCUT2D eigenvalue weighted by atomic mass is 31.0. The SMILES string of the molecule is Cc1cc(C(C)C)c(P)cc1C(C)C. The summed E-state index contributed by atoms with van der Waals surface area (Å²) in [5.41, 5.74) is 4.35. The minimum Gasteiger partial charge on any atom is -0.105 e. The monoisotopic (exact) mass is 208 g/mol. The maximum absolute atomic E-state index is 2.86. The molecular weight excluding hydrogens is 187 g/mol. The summed E-state index contributed by atoms with van der Waals surface area (Å²) in [5, 5.41) is 1.36. The molecule has 0 fully saturated rings. The fourth-order valence-corrected chi connectivity index (χ4v) is 2.48. The predicted octanol–water partition coefficient (Wildman–Crippen LogP) is 3.74. The first-order valence-electron chi connectivity index (χ1n) is 5.33. The van der Waals surface area contributed by atoms with E-state index < -0.39 is 0 Å². The van der Waals surface area contributed by atoms with Crippen molar-refractivity contribution >= 4 is 14.5 Å². The molecule has 0 saturated carbocycles. The third-order valence-electron chi connectivity index (χ3n) is 2.72. The summed E-state index contributed by atoms with van der Waals surface area (Å²) in [5.74, 6) is 1.23. The molecule has 0 aliphatic carbocycles. The first-order valence-corrected chi connectivity index (χ1v) is 5.91. The Hall–Kier alpha value is -0.350. The van der Waals surface area contributed by atoms with Crippen LogP contribution in [-0.2, 0) is 0 Å². The molecule has 0 spiro atoms. The summed E-state index contributed by atoms with van der Waals surface area (Å²) >= 11 is 0. The van der Waals surface area contributed by atoms with Crippen LogP contribution in [0.5, 0.6) is 0 Å². The lowest BCUT2D eigenvalue weighted by Crippen LogP contribution is -2.07. The Balaban J connectivity index is 3.24. The molecule has 1 unspecified atom stereocenters. The van der Waals surface area contributed by atoms with Crippen LogP contribution >= 0.6 is 9.24 Å². The summed E-state index contributed by atoms with van der Waals surface area (Å²) < 4.78 is 0. The van der Waals surface area contributed by atoms with Gasteiger partial charge in [0.1, 0.15) is 0 Å². The van der Waals surface area contributed by atoms with Crippen molar-refractivity contribution in [3.05, 3.63) is 28.8 Å². The van der Waals surface area contributed by atoms with Crippen LogP contribution in [0.3, 0.4) is 0 Å². The third-order valence-corrected chi connectivity index (χ3v) is 3.22. The van der Waals surface area contributed by atoms with Crippen molar-refractivity contribution in [2.75, 3.05) is 0 Å². The van der Waals surface area contributed by atoms with Gasteiger partial charge in [-0.3, -0.25) is 0 Å². The lowest BCUT2D eigenvalue weighted by atomic mass is 9.93. The lowest BCUT2D eigenvalue weighted by Gasteiger charge is -2.16. The van der Waals surface area contributed by atoms with Crippen LogP contribution in [0.25, 0.3) is 0 Å². The highest BCUT2D eigenvalue weighted by molar-refractivity contribution is 7.27. The fourth-order valence-electron chi connectivity index (χ4n) is 1.89. The van der Waals surface area contributed by atoms with Crippen LogP contribution in [0.4, 0.5) is 0 Å². The predicted molar refractivity (Wildman–Crippen MR) is 68.7 cm³/mol. The van der Waals surface area contributed by atoms with Crippen molar-refractivity contribution in [1.29, 1.82) is 0 Å². The largest absolute Gasteiger partial charge is 0.105 e. The molecular formula is C13H21P. The molecule has 0 aliphatic heterocycles. The number of rotatable bonds is 2. The molecule has 78 valence electrons. The maximum Gasteiger partial charge on any atom is -0.0213 e. The van der Waals surface area contributed by atoms with Crippen LogP contribution in [0.1, 0.15) is 56.2 Å². The second kappa shape index (κ2) is 4.45. The Bertz CT molecular complexity index is 291. The molecule has 0 N–H and O–H groups in total. The molecule has 14 heavy (non-hydrogen) atoms. The molecule has 0 amide bonds. The van der Waals surface area contributed by atoms with Gasteiger partial charge in [0, 0.05) is 0 Å². The zero-order valence-electron chi connectivity index (χ0n) is 9.89. The normalized spacial score (nSPS) is 11.4. The summed E-state index contributed by atoms with van der Waals surface area (Å²) in [7, 11) is 2.86.